The van der Waals surface area contributed by atoms with Gasteiger partial charge in [0, 0.05) is 12.8 Å². The molecule has 0 aromatic carbocycles. The molecule has 0 rings (SSSR count). The Kier molecular flexibility index (Phi) is 67.9. The molecule has 0 aromatic heterocycles. The van der Waals surface area contributed by atoms with E-state index in [0.29, 0.717) is 25.9 Å². The molecule has 0 saturated carbocycles. The smallest absolute Gasteiger partial charge is 0.305 e. The zero-order chi connectivity index (χ0) is 57.8. The normalized spacial score (nSPS) is 12.7. The van der Waals surface area contributed by atoms with Gasteiger partial charge >= 0.3 is 5.97 Å². The van der Waals surface area contributed by atoms with Crippen molar-refractivity contribution < 1.29 is 24.5 Å². The molecule has 2 atom stereocenters. The third-order valence-corrected chi connectivity index (χ3v) is 16.9. The van der Waals surface area contributed by atoms with Gasteiger partial charge in [0.05, 0.1) is 25.4 Å². The second-order valence-electron chi connectivity index (χ2n) is 24.9. The lowest BCUT2D eigenvalue weighted by Crippen LogP contribution is -2.45. The average Bonchev–Trinajstić information content (AvgIpc) is 3.46. The Morgan fingerprint density at radius 1 is 0.350 bits per heavy atom. The van der Waals surface area contributed by atoms with Crippen LogP contribution in [0.5, 0.6) is 0 Å². The molecule has 3 N–H and O–H groups in total. The van der Waals surface area contributed by atoms with Gasteiger partial charge in [0.1, 0.15) is 0 Å². The van der Waals surface area contributed by atoms with E-state index in [1.165, 1.54) is 308 Å². The first-order valence-electron chi connectivity index (χ1n) is 36.2. The Balaban J connectivity index is 3.44. The van der Waals surface area contributed by atoms with E-state index < -0.39 is 12.1 Å². The molecular weight excluding hydrogens is 983 g/mol. The fourth-order valence-corrected chi connectivity index (χ4v) is 11.4. The third kappa shape index (κ3) is 65.2. The monoisotopic (exact) mass is 1120 g/mol. The van der Waals surface area contributed by atoms with E-state index in [1.54, 1.807) is 0 Å². The van der Waals surface area contributed by atoms with Gasteiger partial charge in [-0.1, -0.05) is 339 Å². The summed E-state index contributed by atoms with van der Waals surface area (Å²) in [7, 11) is 0. The summed E-state index contributed by atoms with van der Waals surface area (Å²) < 4.78 is 5.49. The van der Waals surface area contributed by atoms with Crippen molar-refractivity contribution >= 4 is 11.9 Å². The molecule has 0 aliphatic rings. The summed E-state index contributed by atoms with van der Waals surface area (Å²) in [5.41, 5.74) is 0. The SMILES string of the molecule is CCCCCCCC/C=C\CCCCCCCCCC(=O)OCCCCCCCCCCC/C=C\C/C=C\CCCCCCCCCC(=O)NC(CO)C(O)CCCCCCCCCCCCCCCCCCCCCCCCC. The molecule has 0 fully saturated rings. The summed E-state index contributed by atoms with van der Waals surface area (Å²) in [6.07, 6.45) is 89.0. The van der Waals surface area contributed by atoms with E-state index in [9.17, 15) is 19.8 Å². The maximum atomic E-state index is 12.6. The summed E-state index contributed by atoms with van der Waals surface area (Å²) >= 11 is 0. The molecule has 0 radical (unpaired) electrons. The number of rotatable bonds is 68. The number of carbonyl (C=O) groups excluding carboxylic acids is 2. The molecule has 472 valence electrons. The molecule has 6 heteroatoms. The number of aliphatic hydroxyl groups is 2. The van der Waals surface area contributed by atoms with E-state index >= 15 is 0 Å². The van der Waals surface area contributed by atoms with Crippen LogP contribution >= 0.6 is 0 Å². The predicted octanol–water partition coefficient (Wildman–Crippen LogP) is 23.5. The van der Waals surface area contributed by atoms with Crippen molar-refractivity contribution in [3.8, 4) is 0 Å². The Bertz CT molecular complexity index is 1300. The molecule has 6 nitrogen and oxygen atoms in total. The first-order chi connectivity index (χ1) is 39.5. The summed E-state index contributed by atoms with van der Waals surface area (Å²) in [6.45, 7) is 4.97. The Hall–Kier alpha value is -1.92. The Morgan fingerprint density at radius 3 is 0.963 bits per heavy atom. The topological polar surface area (TPSA) is 95.9 Å². The lowest BCUT2D eigenvalue weighted by molar-refractivity contribution is -0.143. The number of nitrogens with one attached hydrogen (secondary N) is 1. The van der Waals surface area contributed by atoms with Gasteiger partial charge in [-0.25, -0.2) is 0 Å². The zero-order valence-electron chi connectivity index (χ0n) is 54.1. The molecule has 0 heterocycles. The highest BCUT2D eigenvalue weighted by molar-refractivity contribution is 5.76. The van der Waals surface area contributed by atoms with Crippen LogP contribution in [0.2, 0.25) is 0 Å². The molecule has 80 heavy (non-hydrogen) atoms. The van der Waals surface area contributed by atoms with Crippen LogP contribution < -0.4 is 5.32 Å². The molecule has 0 aromatic rings. The van der Waals surface area contributed by atoms with E-state index in [4.69, 9.17) is 4.74 Å². The minimum Gasteiger partial charge on any atom is -0.466 e. The maximum Gasteiger partial charge on any atom is 0.305 e. The highest BCUT2D eigenvalue weighted by Crippen LogP contribution is 2.19. The number of hydrogen-bond donors (Lipinski definition) is 3. The van der Waals surface area contributed by atoms with Crippen LogP contribution in [0.4, 0.5) is 0 Å². The number of unbranched alkanes of at least 4 members (excludes halogenated alkanes) is 51. The number of hydrogen-bond acceptors (Lipinski definition) is 5. The van der Waals surface area contributed by atoms with E-state index in [-0.39, 0.29) is 18.5 Å². The van der Waals surface area contributed by atoms with E-state index in [0.717, 1.165) is 57.8 Å². The largest absolute Gasteiger partial charge is 0.466 e. The van der Waals surface area contributed by atoms with Gasteiger partial charge in [0.25, 0.3) is 0 Å². The maximum absolute atomic E-state index is 12.6. The second-order valence-corrected chi connectivity index (χ2v) is 24.9. The second kappa shape index (κ2) is 69.6. The molecule has 1 amide bonds. The van der Waals surface area contributed by atoms with Crippen molar-refractivity contribution in [1.29, 1.82) is 0 Å². The minimum atomic E-state index is -0.673. The average molecular weight is 1120 g/mol. The number of aliphatic hydroxyl groups excluding tert-OH is 2. The van der Waals surface area contributed by atoms with Crippen molar-refractivity contribution in [2.75, 3.05) is 13.2 Å². The van der Waals surface area contributed by atoms with Crippen molar-refractivity contribution in [2.45, 2.75) is 411 Å². The molecule has 2 unspecified atom stereocenters. The van der Waals surface area contributed by atoms with Gasteiger partial charge in [-0.2, -0.15) is 0 Å². The summed E-state index contributed by atoms with van der Waals surface area (Å²) in [4.78, 5) is 24.6. The lowest BCUT2D eigenvalue weighted by atomic mass is 10.0. The van der Waals surface area contributed by atoms with Crippen LogP contribution in [0.3, 0.4) is 0 Å². The van der Waals surface area contributed by atoms with Crippen LogP contribution in [0, 0.1) is 0 Å². The van der Waals surface area contributed by atoms with Crippen molar-refractivity contribution in [3.05, 3.63) is 36.5 Å². The molecule has 0 spiro atoms. The molecular formula is C74H141NO5. The molecule has 0 aliphatic carbocycles. The Morgan fingerprint density at radius 2 is 0.625 bits per heavy atom. The molecule has 0 aliphatic heterocycles. The quantitative estimate of drug-likeness (QED) is 0.0320. The summed E-state index contributed by atoms with van der Waals surface area (Å²) in [5.74, 6) is -0.0368. The van der Waals surface area contributed by atoms with Gasteiger partial charge in [0.2, 0.25) is 5.91 Å². The number of carbonyl (C=O) groups is 2. The van der Waals surface area contributed by atoms with Gasteiger partial charge < -0.3 is 20.3 Å². The number of amides is 1. The van der Waals surface area contributed by atoms with Crippen LogP contribution in [-0.2, 0) is 14.3 Å². The van der Waals surface area contributed by atoms with Crippen LogP contribution in [0.25, 0.3) is 0 Å². The highest BCUT2D eigenvalue weighted by atomic mass is 16.5. The van der Waals surface area contributed by atoms with E-state index in [2.05, 4.69) is 55.6 Å². The summed E-state index contributed by atoms with van der Waals surface area (Å²) in [5, 5.41) is 23.4. The number of ether oxygens (including phenoxy) is 1. The van der Waals surface area contributed by atoms with Crippen LogP contribution in [0.15, 0.2) is 36.5 Å². The first kappa shape index (κ1) is 78.1. The van der Waals surface area contributed by atoms with Crippen LogP contribution in [0.1, 0.15) is 399 Å². The first-order valence-corrected chi connectivity index (χ1v) is 36.2. The third-order valence-electron chi connectivity index (χ3n) is 16.9. The van der Waals surface area contributed by atoms with Gasteiger partial charge in [0.15, 0.2) is 0 Å². The molecule has 0 saturated heterocycles. The standard InChI is InChI=1S/C74H141NO5/c1-3-5-7-9-11-13-15-17-19-21-22-23-25-28-31-35-38-42-46-50-54-58-62-66-72(77)71(70-76)75-73(78)67-63-59-55-51-47-43-39-36-32-29-26-24-27-30-33-37-41-45-49-53-57-61-65-69-80-74(79)68-64-60-56-52-48-44-40-34-20-18-16-14-12-10-8-6-4-2/h18,20,24,27,29,32,71-72,76-77H,3-17,19,21-23,25-26,28,30-31,33-70H2,1-2H3,(H,75,78)/b20-18-,27-24-,32-29-. The number of allylic oxidation sites excluding steroid dienone is 6. The van der Waals surface area contributed by atoms with Crippen molar-refractivity contribution in [3.63, 3.8) is 0 Å². The fourth-order valence-electron chi connectivity index (χ4n) is 11.4. The zero-order valence-corrected chi connectivity index (χ0v) is 54.1. The Labute approximate surface area is 500 Å². The van der Waals surface area contributed by atoms with Crippen LogP contribution in [-0.4, -0.2) is 47.4 Å². The lowest BCUT2D eigenvalue weighted by Gasteiger charge is -2.22. The molecule has 0 bridgehead atoms. The van der Waals surface area contributed by atoms with Crippen molar-refractivity contribution in [1.82, 2.24) is 5.32 Å². The fraction of sp³-hybridized carbons (Fsp3) is 0.892. The van der Waals surface area contributed by atoms with Crippen molar-refractivity contribution in [2.24, 2.45) is 0 Å². The van der Waals surface area contributed by atoms with Gasteiger partial charge in [-0.3, -0.25) is 9.59 Å². The summed E-state index contributed by atoms with van der Waals surface area (Å²) in [6, 6.07) is -0.551. The highest BCUT2D eigenvalue weighted by Gasteiger charge is 2.20. The van der Waals surface area contributed by atoms with E-state index in [1.807, 2.05) is 0 Å². The number of esters is 1. The predicted molar refractivity (Wildman–Crippen MR) is 352 cm³/mol. The van der Waals surface area contributed by atoms with Gasteiger partial charge in [-0.15, -0.1) is 0 Å². The van der Waals surface area contributed by atoms with Gasteiger partial charge in [-0.05, 0) is 83.5 Å². The minimum absolute atomic E-state index is 0.00450.